The summed E-state index contributed by atoms with van der Waals surface area (Å²) in [7, 11) is 9.67. The minimum absolute atomic E-state index is 0.546. The van der Waals surface area contributed by atoms with Gasteiger partial charge in [0.05, 0.1) is 64.7 Å². The summed E-state index contributed by atoms with van der Waals surface area (Å²) in [4.78, 5) is 10.2. The lowest BCUT2D eigenvalue weighted by Gasteiger charge is -2.15. The predicted molar refractivity (Wildman–Crippen MR) is 164 cm³/mol. The van der Waals surface area contributed by atoms with E-state index in [4.69, 9.17) is 38.4 Å². The quantitative estimate of drug-likeness (QED) is 0.165. The van der Waals surface area contributed by atoms with Crippen LogP contribution in [-0.2, 0) is 13.1 Å². The number of aromatic nitrogens is 4. The van der Waals surface area contributed by atoms with Gasteiger partial charge in [-0.3, -0.25) is 0 Å². The van der Waals surface area contributed by atoms with Crippen LogP contribution in [0.15, 0.2) is 36.4 Å². The van der Waals surface area contributed by atoms with Crippen LogP contribution in [0.1, 0.15) is 26.7 Å². The van der Waals surface area contributed by atoms with E-state index in [0.29, 0.717) is 34.5 Å². The lowest BCUT2D eigenvalue weighted by Crippen LogP contribution is -2.03. The molecule has 3 aromatic carbocycles. The fraction of sp³-hybridized carbons (Fsp3) is 0.375. The molecular weight excluding hydrogens is 536 g/mol. The maximum Gasteiger partial charge on any atom is 0.203 e. The first-order valence-electron chi connectivity index (χ1n) is 14.0. The van der Waals surface area contributed by atoms with Crippen LogP contribution < -0.4 is 28.4 Å². The molecule has 0 aliphatic rings. The van der Waals surface area contributed by atoms with E-state index in [1.54, 1.807) is 42.7 Å². The number of aryl methyl sites for hydroxylation is 2. The van der Waals surface area contributed by atoms with E-state index in [-0.39, 0.29) is 0 Å². The molecule has 0 saturated carbocycles. The third-order valence-corrected chi connectivity index (χ3v) is 7.36. The zero-order valence-electron chi connectivity index (χ0n) is 25.5. The van der Waals surface area contributed by atoms with Crippen molar-refractivity contribution in [2.24, 2.45) is 0 Å². The van der Waals surface area contributed by atoms with Gasteiger partial charge in [0, 0.05) is 24.2 Å². The van der Waals surface area contributed by atoms with Crippen LogP contribution in [0.4, 0.5) is 0 Å². The molecule has 2 heterocycles. The maximum atomic E-state index is 5.63. The number of rotatable bonds is 12. The van der Waals surface area contributed by atoms with Crippen molar-refractivity contribution in [1.82, 2.24) is 19.1 Å². The molecule has 222 valence electrons. The SMILES string of the molecule is CCCn1c(-c2cc(OC)c(OC)c(OC)c2)nc2cc3nc(-c4cc(OC)c(OC)c(OC)c4)n(CCC)c3cc21. The first kappa shape index (κ1) is 28.9. The van der Waals surface area contributed by atoms with Gasteiger partial charge in [-0.25, -0.2) is 9.97 Å². The molecule has 42 heavy (non-hydrogen) atoms. The van der Waals surface area contributed by atoms with Gasteiger partial charge in [-0.05, 0) is 49.2 Å². The maximum absolute atomic E-state index is 5.63. The summed E-state index contributed by atoms with van der Waals surface area (Å²) in [5, 5.41) is 0. The van der Waals surface area contributed by atoms with Crippen LogP contribution in [0.3, 0.4) is 0 Å². The number of imidazole rings is 2. The van der Waals surface area contributed by atoms with Gasteiger partial charge in [-0.1, -0.05) is 13.8 Å². The van der Waals surface area contributed by atoms with Crippen LogP contribution in [-0.4, -0.2) is 61.8 Å². The molecule has 2 aromatic heterocycles. The van der Waals surface area contributed by atoms with E-state index in [9.17, 15) is 0 Å². The third kappa shape index (κ3) is 4.80. The monoisotopic (exact) mass is 574 g/mol. The average molecular weight is 575 g/mol. The summed E-state index contributed by atoms with van der Waals surface area (Å²) in [6.07, 6.45) is 1.87. The Hall–Kier alpha value is -4.60. The average Bonchev–Trinajstić information content (AvgIpc) is 3.55. The van der Waals surface area contributed by atoms with E-state index in [2.05, 4.69) is 35.1 Å². The first-order valence-corrected chi connectivity index (χ1v) is 14.0. The molecule has 0 amide bonds. The zero-order valence-corrected chi connectivity index (χ0v) is 25.5. The Morgan fingerprint density at radius 1 is 0.500 bits per heavy atom. The summed E-state index contributed by atoms with van der Waals surface area (Å²) in [6, 6.07) is 12.0. The smallest absolute Gasteiger partial charge is 0.203 e. The van der Waals surface area contributed by atoms with E-state index in [1.807, 2.05) is 24.3 Å². The second-order valence-corrected chi connectivity index (χ2v) is 9.83. The molecular formula is C32H38N4O6. The lowest BCUT2D eigenvalue weighted by atomic mass is 10.1. The molecule has 0 fully saturated rings. The highest BCUT2D eigenvalue weighted by Gasteiger charge is 2.22. The largest absolute Gasteiger partial charge is 0.493 e. The number of methoxy groups -OCH3 is 6. The van der Waals surface area contributed by atoms with Crippen molar-refractivity contribution in [3.8, 4) is 57.3 Å². The van der Waals surface area contributed by atoms with Crippen LogP contribution in [0.25, 0.3) is 44.8 Å². The number of ether oxygens (including phenoxy) is 6. The Labute approximate surface area is 245 Å². The predicted octanol–water partition coefficient (Wildman–Crippen LogP) is 6.59. The first-order chi connectivity index (χ1) is 20.5. The minimum Gasteiger partial charge on any atom is -0.493 e. The second-order valence-electron chi connectivity index (χ2n) is 9.83. The van der Waals surface area contributed by atoms with Gasteiger partial charge in [0.15, 0.2) is 23.0 Å². The molecule has 0 aliphatic heterocycles. The highest BCUT2D eigenvalue weighted by Crippen LogP contribution is 2.43. The van der Waals surface area contributed by atoms with Gasteiger partial charge in [0.1, 0.15) is 11.6 Å². The Balaban J connectivity index is 1.75. The van der Waals surface area contributed by atoms with Crippen molar-refractivity contribution < 1.29 is 28.4 Å². The normalized spacial score (nSPS) is 11.2. The fourth-order valence-electron chi connectivity index (χ4n) is 5.50. The molecule has 0 unspecified atom stereocenters. The van der Waals surface area contributed by atoms with Crippen molar-refractivity contribution in [1.29, 1.82) is 0 Å². The molecule has 0 spiro atoms. The van der Waals surface area contributed by atoms with E-state index < -0.39 is 0 Å². The molecule has 0 atom stereocenters. The van der Waals surface area contributed by atoms with Crippen molar-refractivity contribution in [3.63, 3.8) is 0 Å². The van der Waals surface area contributed by atoms with Crippen LogP contribution in [0, 0.1) is 0 Å². The summed E-state index contributed by atoms with van der Waals surface area (Å²) < 4.78 is 38.1. The summed E-state index contributed by atoms with van der Waals surface area (Å²) in [5.74, 6) is 5.07. The van der Waals surface area contributed by atoms with Gasteiger partial charge in [-0.15, -0.1) is 0 Å². The van der Waals surface area contributed by atoms with E-state index in [1.165, 1.54) is 0 Å². The minimum atomic E-state index is 0.546. The molecule has 0 aliphatic carbocycles. The number of fused-ring (bicyclic) bond motifs is 2. The molecule has 10 heteroatoms. The zero-order chi connectivity index (χ0) is 30.0. The Morgan fingerprint density at radius 2 is 0.857 bits per heavy atom. The van der Waals surface area contributed by atoms with Gasteiger partial charge in [0.25, 0.3) is 0 Å². The summed E-state index contributed by atoms with van der Waals surface area (Å²) in [6.45, 7) is 5.89. The molecule has 0 saturated heterocycles. The number of benzene rings is 3. The topological polar surface area (TPSA) is 91.0 Å². The Bertz CT molecular complexity index is 1570. The number of hydrogen-bond acceptors (Lipinski definition) is 8. The molecule has 0 radical (unpaired) electrons. The van der Waals surface area contributed by atoms with Gasteiger partial charge in [0.2, 0.25) is 11.5 Å². The highest BCUT2D eigenvalue weighted by atomic mass is 16.5. The van der Waals surface area contributed by atoms with Gasteiger partial charge in [-0.2, -0.15) is 0 Å². The van der Waals surface area contributed by atoms with Crippen LogP contribution >= 0.6 is 0 Å². The Kier molecular flexibility index (Phi) is 8.33. The molecule has 10 nitrogen and oxygen atoms in total. The van der Waals surface area contributed by atoms with Gasteiger partial charge < -0.3 is 37.6 Å². The van der Waals surface area contributed by atoms with Gasteiger partial charge >= 0.3 is 0 Å². The van der Waals surface area contributed by atoms with Crippen molar-refractivity contribution in [3.05, 3.63) is 36.4 Å². The number of hydrogen-bond donors (Lipinski definition) is 0. The van der Waals surface area contributed by atoms with Crippen LogP contribution in [0.2, 0.25) is 0 Å². The lowest BCUT2D eigenvalue weighted by molar-refractivity contribution is 0.324. The Morgan fingerprint density at radius 3 is 1.14 bits per heavy atom. The molecule has 0 N–H and O–H groups in total. The van der Waals surface area contributed by atoms with Crippen molar-refractivity contribution >= 4 is 22.1 Å². The highest BCUT2D eigenvalue weighted by molar-refractivity contribution is 5.95. The second kappa shape index (κ2) is 12.1. The summed E-state index contributed by atoms with van der Waals surface area (Å²) in [5.41, 5.74) is 5.53. The number of nitrogens with zero attached hydrogens (tertiary/aromatic N) is 4. The van der Waals surface area contributed by atoms with E-state index >= 15 is 0 Å². The summed E-state index contributed by atoms with van der Waals surface area (Å²) >= 11 is 0. The third-order valence-electron chi connectivity index (χ3n) is 7.36. The van der Waals surface area contributed by atoms with Crippen molar-refractivity contribution in [2.45, 2.75) is 39.8 Å². The van der Waals surface area contributed by atoms with E-state index in [0.717, 1.165) is 70.8 Å². The molecule has 5 rings (SSSR count). The standard InChI is InChI=1S/C32H38N4O6/c1-9-11-35-23-18-24-22(17-21(23)33-31(35)19-13-25(37-3)29(41-7)26(14-19)38-4)34-32(36(24)12-10-2)20-15-27(39-5)30(42-8)28(16-20)40-6/h13-18H,9-12H2,1-8H3. The van der Waals surface area contributed by atoms with Crippen molar-refractivity contribution in [2.75, 3.05) is 42.7 Å². The van der Waals surface area contributed by atoms with Crippen LogP contribution in [0.5, 0.6) is 34.5 Å². The molecule has 0 bridgehead atoms. The molecule has 5 aromatic rings. The fourth-order valence-corrected chi connectivity index (χ4v) is 5.50.